The second kappa shape index (κ2) is 8.14. The molecule has 3 rings (SSSR count). The maximum atomic E-state index is 12.7. The molecule has 0 aliphatic rings. The number of hydrogen-bond donors (Lipinski definition) is 1. The SMILES string of the molecule is CCN(C(=O)Nc1cccc(C(C)=O)c1)c1nc(-c2ccc(C)cc2)cs1. The Morgan fingerprint density at radius 2 is 1.89 bits per heavy atom. The molecule has 0 bridgehead atoms. The Balaban J connectivity index is 1.78. The van der Waals surface area contributed by atoms with Crippen LogP contribution < -0.4 is 10.2 Å². The molecule has 0 atom stereocenters. The van der Waals surface area contributed by atoms with Gasteiger partial charge in [0.05, 0.1) is 5.69 Å². The first kappa shape index (κ1) is 18.8. The summed E-state index contributed by atoms with van der Waals surface area (Å²) in [7, 11) is 0. The highest BCUT2D eigenvalue weighted by Crippen LogP contribution is 2.28. The number of amides is 2. The number of aryl methyl sites for hydroxylation is 1. The summed E-state index contributed by atoms with van der Waals surface area (Å²) in [6.07, 6.45) is 0. The highest BCUT2D eigenvalue weighted by Gasteiger charge is 2.18. The molecule has 0 radical (unpaired) electrons. The van der Waals surface area contributed by atoms with E-state index in [1.807, 2.05) is 43.5 Å². The van der Waals surface area contributed by atoms with Crippen LogP contribution in [-0.4, -0.2) is 23.3 Å². The summed E-state index contributed by atoms with van der Waals surface area (Å²) >= 11 is 1.43. The fraction of sp³-hybridized carbons (Fsp3) is 0.190. The quantitative estimate of drug-likeness (QED) is 0.605. The summed E-state index contributed by atoms with van der Waals surface area (Å²) in [6.45, 7) is 5.93. The number of thiazole rings is 1. The average Bonchev–Trinajstić information content (AvgIpc) is 3.13. The normalized spacial score (nSPS) is 10.5. The monoisotopic (exact) mass is 379 g/mol. The maximum Gasteiger partial charge on any atom is 0.328 e. The van der Waals surface area contributed by atoms with E-state index in [9.17, 15) is 9.59 Å². The van der Waals surface area contributed by atoms with Gasteiger partial charge in [0.1, 0.15) is 0 Å². The van der Waals surface area contributed by atoms with E-state index in [4.69, 9.17) is 0 Å². The molecule has 1 N–H and O–H groups in total. The summed E-state index contributed by atoms with van der Waals surface area (Å²) in [5.74, 6) is -0.0406. The lowest BCUT2D eigenvalue weighted by Crippen LogP contribution is -2.34. The number of aromatic nitrogens is 1. The number of anilines is 2. The molecule has 2 amide bonds. The molecular weight excluding hydrogens is 358 g/mol. The standard InChI is InChI=1S/C21H21N3O2S/c1-4-24(20(26)22-18-7-5-6-17(12-18)15(3)25)21-23-19(13-27-21)16-10-8-14(2)9-11-16/h5-13H,4H2,1-3H3,(H,22,26). The van der Waals surface area contributed by atoms with Crippen molar-refractivity contribution < 1.29 is 9.59 Å². The van der Waals surface area contributed by atoms with Crippen molar-refractivity contribution in [3.8, 4) is 11.3 Å². The van der Waals surface area contributed by atoms with Crippen LogP contribution in [0.3, 0.4) is 0 Å². The van der Waals surface area contributed by atoms with E-state index in [1.165, 1.54) is 23.8 Å². The summed E-state index contributed by atoms with van der Waals surface area (Å²) < 4.78 is 0. The van der Waals surface area contributed by atoms with Gasteiger partial charge in [-0.25, -0.2) is 9.78 Å². The number of carbonyl (C=O) groups excluding carboxylic acids is 2. The van der Waals surface area contributed by atoms with Gasteiger partial charge in [-0.15, -0.1) is 11.3 Å². The minimum Gasteiger partial charge on any atom is -0.307 e. The molecule has 0 unspecified atom stereocenters. The summed E-state index contributed by atoms with van der Waals surface area (Å²) in [5.41, 5.74) is 4.21. The third-order valence-corrected chi connectivity index (χ3v) is 5.02. The van der Waals surface area contributed by atoms with Crippen LogP contribution in [0, 0.1) is 6.92 Å². The van der Waals surface area contributed by atoms with Gasteiger partial charge in [0.15, 0.2) is 10.9 Å². The van der Waals surface area contributed by atoms with Gasteiger partial charge in [0, 0.05) is 28.7 Å². The predicted octanol–water partition coefficient (Wildman–Crippen LogP) is 5.38. The molecule has 0 aliphatic carbocycles. The van der Waals surface area contributed by atoms with Crippen LogP contribution in [0.1, 0.15) is 29.8 Å². The predicted molar refractivity (Wildman–Crippen MR) is 111 cm³/mol. The van der Waals surface area contributed by atoms with Gasteiger partial charge in [-0.3, -0.25) is 9.69 Å². The van der Waals surface area contributed by atoms with E-state index in [0.29, 0.717) is 22.9 Å². The van der Waals surface area contributed by atoms with Crippen LogP contribution in [0.25, 0.3) is 11.3 Å². The zero-order chi connectivity index (χ0) is 19.4. The molecule has 0 saturated carbocycles. The van der Waals surface area contributed by atoms with Gasteiger partial charge in [0.25, 0.3) is 0 Å². The first-order valence-electron chi connectivity index (χ1n) is 8.70. The van der Waals surface area contributed by atoms with Gasteiger partial charge >= 0.3 is 6.03 Å². The molecule has 6 heteroatoms. The zero-order valence-electron chi connectivity index (χ0n) is 15.5. The zero-order valence-corrected chi connectivity index (χ0v) is 16.3. The number of ketones is 1. The Kier molecular flexibility index (Phi) is 5.66. The Labute approximate surface area is 162 Å². The fourth-order valence-electron chi connectivity index (χ4n) is 2.62. The van der Waals surface area contributed by atoms with Crippen LogP contribution in [-0.2, 0) is 0 Å². The summed E-state index contributed by atoms with van der Waals surface area (Å²) in [5, 5.41) is 5.43. The molecule has 1 aromatic heterocycles. The molecule has 5 nitrogen and oxygen atoms in total. The number of urea groups is 1. The largest absolute Gasteiger partial charge is 0.328 e. The minimum absolute atomic E-state index is 0.0406. The van der Waals surface area contributed by atoms with Crippen molar-refractivity contribution >= 4 is 34.0 Å². The van der Waals surface area contributed by atoms with Crippen LogP contribution in [0.5, 0.6) is 0 Å². The lowest BCUT2D eigenvalue weighted by Gasteiger charge is -2.18. The molecule has 27 heavy (non-hydrogen) atoms. The molecule has 0 saturated heterocycles. The van der Waals surface area contributed by atoms with E-state index >= 15 is 0 Å². The van der Waals surface area contributed by atoms with Crippen molar-refractivity contribution in [3.05, 3.63) is 65.0 Å². The Hall–Kier alpha value is -2.99. The smallest absolute Gasteiger partial charge is 0.307 e. The molecule has 2 aromatic carbocycles. The minimum atomic E-state index is -0.275. The van der Waals surface area contributed by atoms with E-state index in [-0.39, 0.29) is 11.8 Å². The third kappa shape index (κ3) is 4.41. The number of hydrogen-bond acceptors (Lipinski definition) is 4. The van der Waals surface area contributed by atoms with Gasteiger partial charge in [0.2, 0.25) is 0 Å². The van der Waals surface area contributed by atoms with Gasteiger partial charge in [-0.05, 0) is 32.9 Å². The number of carbonyl (C=O) groups is 2. The van der Waals surface area contributed by atoms with Crippen molar-refractivity contribution in [1.82, 2.24) is 4.98 Å². The number of nitrogens with one attached hydrogen (secondary N) is 1. The third-order valence-electron chi connectivity index (χ3n) is 4.15. The molecule has 138 valence electrons. The second-order valence-electron chi connectivity index (χ2n) is 6.19. The van der Waals surface area contributed by atoms with Crippen molar-refractivity contribution in [2.24, 2.45) is 0 Å². The Bertz CT molecular complexity index is 964. The van der Waals surface area contributed by atoms with E-state index < -0.39 is 0 Å². The molecule has 0 spiro atoms. The lowest BCUT2D eigenvalue weighted by molar-refractivity contribution is 0.101. The van der Waals surface area contributed by atoms with Crippen molar-refractivity contribution in [2.45, 2.75) is 20.8 Å². The summed E-state index contributed by atoms with van der Waals surface area (Å²) in [4.78, 5) is 30.4. The molecular formula is C21H21N3O2S. The highest BCUT2D eigenvalue weighted by atomic mass is 32.1. The van der Waals surface area contributed by atoms with E-state index in [0.717, 1.165) is 11.3 Å². The number of rotatable bonds is 5. The van der Waals surface area contributed by atoms with Crippen molar-refractivity contribution in [2.75, 3.05) is 16.8 Å². The molecule has 1 heterocycles. The highest BCUT2D eigenvalue weighted by molar-refractivity contribution is 7.14. The van der Waals surface area contributed by atoms with Gasteiger partial charge in [-0.2, -0.15) is 0 Å². The van der Waals surface area contributed by atoms with Gasteiger partial charge < -0.3 is 5.32 Å². The number of nitrogens with zero attached hydrogens (tertiary/aromatic N) is 2. The van der Waals surface area contributed by atoms with E-state index in [1.54, 1.807) is 29.2 Å². The Morgan fingerprint density at radius 1 is 1.15 bits per heavy atom. The maximum absolute atomic E-state index is 12.7. The Morgan fingerprint density at radius 3 is 2.56 bits per heavy atom. The second-order valence-corrected chi connectivity index (χ2v) is 7.03. The van der Waals surface area contributed by atoms with Crippen LogP contribution >= 0.6 is 11.3 Å². The van der Waals surface area contributed by atoms with Crippen molar-refractivity contribution in [1.29, 1.82) is 0 Å². The number of benzene rings is 2. The molecule has 3 aromatic rings. The van der Waals surface area contributed by atoms with Gasteiger partial charge in [-0.1, -0.05) is 42.0 Å². The fourth-order valence-corrected chi connectivity index (χ4v) is 3.51. The molecule has 0 aliphatic heterocycles. The average molecular weight is 379 g/mol. The first-order valence-corrected chi connectivity index (χ1v) is 9.58. The van der Waals surface area contributed by atoms with Crippen LogP contribution in [0.4, 0.5) is 15.6 Å². The first-order chi connectivity index (χ1) is 13.0. The van der Waals surface area contributed by atoms with Crippen LogP contribution in [0.2, 0.25) is 0 Å². The lowest BCUT2D eigenvalue weighted by atomic mass is 10.1. The van der Waals surface area contributed by atoms with Crippen molar-refractivity contribution in [3.63, 3.8) is 0 Å². The van der Waals surface area contributed by atoms with Crippen LogP contribution in [0.15, 0.2) is 53.9 Å². The topological polar surface area (TPSA) is 62.3 Å². The molecule has 0 fully saturated rings. The van der Waals surface area contributed by atoms with E-state index in [2.05, 4.69) is 10.3 Å². The number of Topliss-reactive ketones (excluding diaryl/α,β-unsaturated/α-hetero) is 1. The summed E-state index contributed by atoms with van der Waals surface area (Å²) in [6, 6.07) is 14.8.